The van der Waals surface area contributed by atoms with Gasteiger partial charge in [0.15, 0.2) is 11.9 Å². The summed E-state index contributed by atoms with van der Waals surface area (Å²) in [7, 11) is 0. The first-order valence-corrected chi connectivity index (χ1v) is 9.14. The molecule has 1 atom stereocenters. The van der Waals surface area contributed by atoms with Gasteiger partial charge in [-0.05, 0) is 52.0 Å². The number of carbonyl (C=O) groups excluding carboxylic acids is 4. The molecule has 2 aromatic rings. The van der Waals surface area contributed by atoms with E-state index < -0.39 is 23.9 Å². The minimum Gasteiger partial charge on any atom is -0.451 e. The van der Waals surface area contributed by atoms with Crippen molar-refractivity contribution in [1.29, 1.82) is 0 Å². The first-order chi connectivity index (χ1) is 13.7. The fourth-order valence-electron chi connectivity index (χ4n) is 2.79. The number of benzene rings is 2. The maximum absolute atomic E-state index is 12.3. The molecule has 7 nitrogen and oxygen atoms in total. The van der Waals surface area contributed by atoms with Crippen LogP contribution in [0, 0.1) is 13.8 Å². The summed E-state index contributed by atoms with van der Waals surface area (Å²) in [6.45, 7) is 6.20. The predicted molar refractivity (Wildman–Crippen MR) is 109 cm³/mol. The molecule has 29 heavy (non-hydrogen) atoms. The van der Waals surface area contributed by atoms with Gasteiger partial charge in [-0.15, -0.1) is 0 Å². The fraction of sp³-hybridized carbons (Fsp3) is 0.273. The quantitative estimate of drug-likeness (QED) is 0.554. The Bertz CT molecular complexity index is 932. The van der Waals surface area contributed by atoms with Crippen molar-refractivity contribution in [3.05, 3.63) is 64.7 Å². The van der Waals surface area contributed by atoms with Gasteiger partial charge in [-0.3, -0.25) is 19.2 Å². The topological polar surface area (TPSA) is 102 Å². The molecule has 2 N–H and O–H groups in total. The van der Waals surface area contributed by atoms with Crippen molar-refractivity contribution in [2.75, 3.05) is 11.9 Å². The van der Waals surface area contributed by atoms with Crippen LogP contribution in [0.1, 0.15) is 45.7 Å². The Balaban J connectivity index is 1.89. The van der Waals surface area contributed by atoms with Crippen LogP contribution in [-0.4, -0.2) is 36.2 Å². The molecule has 0 radical (unpaired) electrons. The summed E-state index contributed by atoms with van der Waals surface area (Å²) >= 11 is 0. The summed E-state index contributed by atoms with van der Waals surface area (Å²) in [6, 6.07) is 11.9. The molecule has 0 heterocycles. The van der Waals surface area contributed by atoms with E-state index in [1.807, 2.05) is 19.9 Å². The van der Waals surface area contributed by atoms with Gasteiger partial charge in [-0.25, -0.2) is 0 Å². The third-order valence-corrected chi connectivity index (χ3v) is 4.12. The number of amides is 2. The fourth-order valence-corrected chi connectivity index (χ4v) is 2.79. The van der Waals surface area contributed by atoms with E-state index in [2.05, 4.69) is 10.6 Å². The number of para-hydroxylation sites is 1. The van der Waals surface area contributed by atoms with E-state index in [0.717, 1.165) is 11.1 Å². The summed E-state index contributed by atoms with van der Waals surface area (Å²) in [5, 5.41) is 5.06. The highest BCUT2D eigenvalue weighted by molar-refractivity contribution is 6.04. The Morgan fingerprint density at radius 3 is 2.24 bits per heavy atom. The standard InChI is InChI=1S/C22H24N2O5/c1-13-9-14(2)11-17(10-13)22(28)23-12-20(26)29-16(4)21(27)24-19-8-6-5-7-18(19)15(3)25/h5-11,16H,12H2,1-4H3,(H,23,28)(H,24,27). The van der Waals surface area contributed by atoms with Crippen LogP contribution in [0.3, 0.4) is 0 Å². The van der Waals surface area contributed by atoms with E-state index in [0.29, 0.717) is 16.8 Å². The third-order valence-electron chi connectivity index (χ3n) is 4.12. The van der Waals surface area contributed by atoms with Crippen LogP contribution in [0.15, 0.2) is 42.5 Å². The Morgan fingerprint density at radius 2 is 1.62 bits per heavy atom. The average Bonchev–Trinajstić information content (AvgIpc) is 2.65. The van der Waals surface area contributed by atoms with Crippen LogP contribution in [0.25, 0.3) is 0 Å². The van der Waals surface area contributed by atoms with Crippen molar-refractivity contribution in [1.82, 2.24) is 5.32 Å². The smallest absolute Gasteiger partial charge is 0.326 e. The summed E-state index contributed by atoms with van der Waals surface area (Å²) in [4.78, 5) is 48.1. The molecule has 0 bridgehead atoms. The molecule has 2 aromatic carbocycles. The number of ether oxygens (including phenoxy) is 1. The first kappa shape index (κ1) is 21.8. The Labute approximate surface area is 169 Å². The lowest BCUT2D eigenvalue weighted by Gasteiger charge is -2.15. The second-order valence-electron chi connectivity index (χ2n) is 6.78. The lowest BCUT2D eigenvalue weighted by molar-refractivity contribution is -0.152. The maximum atomic E-state index is 12.3. The normalized spacial score (nSPS) is 11.3. The average molecular weight is 396 g/mol. The zero-order valence-electron chi connectivity index (χ0n) is 16.9. The molecule has 0 spiro atoms. The molecular formula is C22H24N2O5. The minimum atomic E-state index is -1.10. The van der Waals surface area contributed by atoms with E-state index in [1.54, 1.807) is 36.4 Å². The van der Waals surface area contributed by atoms with E-state index in [4.69, 9.17) is 4.74 Å². The second-order valence-corrected chi connectivity index (χ2v) is 6.78. The summed E-state index contributed by atoms with van der Waals surface area (Å²) in [6.07, 6.45) is -1.10. The van der Waals surface area contributed by atoms with Crippen LogP contribution in [0.4, 0.5) is 5.69 Å². The second kappa shape index (κ2) is 9.64. The van der Waals surface area contributed by atoms with Gasteiger partial charge in [0, 0.05) is 11.1 Å². The number of nitrogens with one attached hydrogen (secondary N) is 2. The van der Waals surface area contributed by atoms with Crippen molar-refractivity contribution in [2.45, 2.75) is 33.8 Å². The molecule has 0 aliphatic carbocycles. The van der Waals surface area contributed by atoms with Crippen LogP contribution < -0.4 is 10.6 Å². The minimum absolute atomic E-state index is 0.195. The third kappa shape index (κ3) is 6.27. The largest absolute Gasteiger partial charge is 0.451 e. The van der Waals surface area contributed by atoms with Gasteiger partial charge >= 0.3 is 5.97 Å². The van der Waals surface area contributed by atoms with E-state index in [1.165, 1.54) is 13.8 Å². The Morgan fingerprint density at radius 1 is 1.00 bits per heavy atom. The lowest BCUT2D eigenvalue weighted by atomic mass is 10.1. The number of hydrogen-bond donors (Lipinski definition) is 2. The van der Waals surface area contributed by atoms with Gasteiger partial charge in [-0.1, -0.05) is 29.3 Å². The van der Waals surface area contributed by atoms with E-state index >= 15 is 0 Å². The molecule has 0 saturated heterocycles. The highest BCUT2D eigenvalue weighted by Gasteiger charge is 2.20. The Hall–Kier alpha value is -3.48. The number of hydrogen-bond acceptors (Lipinski definition) is 5. The first-order valence-electron chi connectivity index (χ1n) is 9.14. The zero-order chi connectivity index (χ0) is 21.6. The van der Waals surface area contributed by atoms with Crippen molar-refractivity contribution in [3.8, 4) is 0 Å². The van der Waals surface area contributed by atoms with Gasteiger partial charge in [-0.2, -0.15) is 0 Å². The van der Waals surface area contributed by atoms with Crippen LogP contribution in [0.2, 0.25) is 0 Å². The number of carbonyl (C=O) groups is 4. The van der Waals surface area contributed by atoms with Crippen molar-refractivity contribution < 1.29 is 23.9 Å². The van der Waals surface area contributed by atoms with Gasteiger partial charge in [0.1, 0.15) is 6.54 Å². The molecule has 0 saturated carbocycles. The molecule has 7 heteroatoms. The van der Waals surface area contributed by atoms with Gasteiger partial charge in [0.05, 0.1) is 5.69 Å². The molecule has 0 aromatic heterocycles. The molecule has 0 aliphatic heterocycles. The number of anilines is 1. The van der Waals surface area contributed by atoms with Crippen molar-refractivity contribution in [3.63, 3.8) is 0 Å². The molecule has 0 aliphatic rings. The van der Waals surface area contributed by atoms with Crippen molar-refractivity contribution >= 4 is 29.3 Å². The van der Waals surface area contributed by atoms with Crippen molar-refractivity contribution in [2.24, 2.45) is 0 Å². The summed E-state index contributed by atoms with van der Waals surface area (Å²) in [5.41, 5.74) is 3.03. The predicted octanol–water partition coefficient (Wildman–Crippen LogP) is 2.81. The van der Waals surface area contributed by atoms with E-state index in [9.17, 15) is 19.2 Å². The number of Topliss-reactive ketones (excluding diaryl/α,β-unsaturated/α-hetero) is 1. The maximum Gasteiger partial charge on any atom is 0.326 e. The number of aryl methyl sites for hydroxylation is 2. The monoisotopic (exact) mass is 396 g/mol. The number of esters is 1. The highest BCUT2D eigenvalue weighted by Crippen LogP contribution is 2.16. The molecule has 152 valence electrons. The number of ketones is 1. The SMILES string of the molecule is CC(=O)c1ccccc1NC(=O)C(C)OC(=O)CNC(=O)c1cc(C)cc(C)c1. The van der Waals surface area contributed by atoms with E-state index in [-0.39, 0.29) is 12.3 Å². The van der Waals surface area contributed by atoms with Gasteiger partial charge < -0.3 is 15.4 Å². The van der Waals surface area contributed by atoms with Crippen LogP contribution >= 0.6 is 0 Å². The summed E-state index contributed by atoms with van der Waals surface area (Å²) in [5.74, 6) is -1.92. The van der Waals surface area contributed by atoms with Gasteiger partial charge in [0.25, 0.3) is 11.8 Å². The van der Waals surface area contributed by atoms with Crippen LogP contribution in [-0.2, 0) is 14.3 Å². The van der Waals surface area contributed by atoms with Crippen LogP contribution in [0.5, 0.6) is 0 Å². The molecular weight excluding hydrogens is 372 g/mol. The Kier molecular flexibility index (Phi) is 7.25. The summed E-state index contributed by atoms with van der Waals surface area (Å²) < 4.78 is 5.07. The molecule has 1 unspecified atom stereocenters. The molecule has 2 rings (SSSR count). The molecule has 2 amide bonds. The number of rotatable bonds is 7. The molecule has 0 fully saturated rings. The zero-order valence-corrected chi connectivity index (χ0v) is 16.9. The van der Waals surface area contributed by atoms with Gasteiger partial charge in [0.2, 0.25) is 0 Å². The lowest BCUT2D eigenvalue weighted by Crippen LogP contribution is -2.36. The highest BCUT2D eigenvalue weighted by atomic mass is 16.5.